The van der Waals surface area contributed by atoms with E-state index in [9.17, 15) is 19.8 Å². The Morgan fingerprint density at radius 3 is 2.37 bits per heavy atom. The Balaban J connectivity index is 1.91. The van der Waals surface area contributed by atoms with Crippen LogP contribution in [-0.2, 0) is 16.1 Å². The highest BCUT2D eigenvalue weighted by molar-refractivity contribution is 6.46. The smallest absolute Gasteiger partial charge is 0.295 e. The van der Waals surface area contributed by atoms with Gasteiger partial charge in [-0.05, 0) is 55.8 Å². The Bertz CT molecular complexity index is 1400. The van der Waals surface area contributed by atoms with Gasteiger partial charge >= 0.3 is 0 Å². The Morgan fingerprint density at radius 2 is 1.66 bits per heavy atom. The first-order valence-corrected chi connectivity index (χ1v) is 12.5. The topological polar surface area (TPSA) is 106 Å². The number of para-hydroxylation sites is 1. The zero-order valence-corrected chi connectivity index (χ0v) is 22.0. The Kier molecular flexibility index (Phi) is 8.12. The van der Waals surface area contributed by atoms with Gasteiger partial charge in [0.2, 0.25) is 0 Å². The maximum absolute atomic E-state index is 13.4. The first-order valence-electron chi connectivity index (χ1n) is 12.1. The van der Waals surface area contributed by atoms with Gasteiger partial charge < -0.3 is 29.3 Å². The Labute approximate surface area is 225 Å². The SMILES string of the molecule is CCOc1cc(C2/C(=C(/O)c3ccc(Cl)c(OCC)c3)C(=O)C(=O)N2Cc2ccccc2OC)ccc1O. The summed E-state index contributed by atoms with van der Waals surface area (Å²) in [5.74, 6) is -1.02. The molecule has 198 valence electrons. The van der Waals surface area contributed by atoms with Crippen molar-refractivity contribution in [1.82, 2.24) is 4.90 Å². The molecule has 0 radical (unpaired) electrons. The van der Waals surface area contributed by atoms with Crippen LogP contribution in [0.1, 0.15) is 36.6 Å². The van der Waals surface area contributed by atoms with Crippen LogP contribution in [0.15, 0.2) is 66.2 Å². The largest absolute Gasteiger partial charge is 0.507 e. The van der Waals surface area contributed by atoms with E-state index in [-0.39, 0.29) is 34.9 Å². The van der Waals surface area contributed by atoms with Crippen LogP contribution in [0.4, 0.5) is 0 Å². The lowest BCUT2D eigenvalue weighted by Crippen LogP contribution is -2.29. The molecule has 3 aromatic carbocycles. The van der Waals surface area contributed by atoms with Gasteiger partial charge in [-0.2, -0.15) is 0 Å². The quantitative estimate of drug-likeness (QED) is 0.212. The molecule has 0 saturated carbocycles. The van der Waals surface area contributed by atoms with Gasteiger partial charge in [0.15, 0.2) is 11.5 Å². The molecule has 2 N–H and O–H groups in total. The minimum absolute atomic E-state index is 0.0334. The van der Waals surface area contributed by atoms with Gasteiger partial charge in [-0.15, -0.1) is 0 Å². The third kappa shape index (κ3) is 5.13. The normalized spacial score (nSPS) is 16.5. The molecule has 1 amide bonds. The van der Waals surface area contributed by atoms with Crippen LogP contribution in [0.2, 0.25) is 5.02 Å². The van der Waals surface area contributed by atoms with E-state index in [2.05, 4.69) is 0 Å². The maximum atomic E-state index is 13.4. The summed E-state index contributed by atoms with van der Waals surface area (Å²) in [5, 5.41) is 22.0. The number of benzene rings is 3. The summed E-state index contributed by atoms with van der Waals surface area (Å²) in [6, 6.07) is 15.4. The van der Waals surface area contributed by atoms with E-state index in [4.69, 9.17) is 25.8 Å². The molecule has 1 aliphatic rings. The second-order valence-corrected chi connectivity index (χ2v) is 8.88. The number of phenolic OH excluding ortho intramolecular Hbond substituents is 1. The lowest BCUT2D eigenvalue weighted by atomic mass is 9.94. The lowest BCUT2D eigenvalue weighted by Gasteiger charge is -2.26. The number of aliphatic hydroxyl groups excluding tert-OH is 1. The van der Waals surface area contributed by atoms with Crippen molar-refractivity contribution in [2.45, 2.75) is 26.4 Å². The summed E-state index contributed by atoms with van der Waals surface area (Å²) >= 11 is 6.22. The predicted octanol–water partition coefficient (Wildman–Crippen LogP) is 5.47. The summed E-state index contributed by atoms with van der Waals surface area (Å²) in [6.45, 7) is 4.25. The van der Waals surface area contributed by atoms with Crippen LogP contribution >= 0.6 is 11.6 Å². The molecular formula is C29H28ClNO7. The van der Waals surface area contributed by atoms with Crippen LogP contribution in [0, 0.1) is 0 Å². The van der Waals surface area contributed by atoms with Gasteiger partial charge in [-0.3, -0.25) is 9.59 Å². The summed E-state index contributed by atoms with van der Waals surface area (Å²) < 4.78 is 16.5. The molecule has 4 rings (SSSR count). The molecule has 8 nitrogen and oxygen atoms in total. The van der Waals surface area contributed by atoms with Crippen LogP contribution in [0.25, 0.3) is 5.76 Å². The fourth-order valence-corrected chi connectivity index (χ4v) is 4.62. The number of nitrogens with zero attached hydrogens (tertiary/aromatic N) is 1. The molecule has 3 aromatic rings. The van der Waals surface area contributed by atoms with Gasteiger partial charge in [-0.25, -0.2) is 0 Å². The fraction of sp³-hybridized carbons (Fsp3) is 0.241. The van der Waals surface area contributed by atoms with Crippen molar-refractivity contribution in [3.8, 4) is 23.0 Å². The van der Waals surface area contributed by atoms with E-state index < -0.39 is 17.7 Å². The molecular weight excluding hydrogens is 510 g/mol. The molecule has 38 heavy (non-hydrogen) atoms. The molecule has 1 unspecified atom stereocenters. The average Bonchev–Trinajstić information content (AvgIpc) is 3.16. The number of hydrogen-bond acceptors (Lipinski definition) is 7. The number of aliphatic hydroxyl groups is 1. The molecule has 1 saturated heterocycles. The number of likely N-dealkylation sites (tertiary alicyclic amines) is 1. The highest BCUT2D eigenvalue weighted by Crippen LogP contribution is 2.43. The summed E-state index contributed by atoms with van der Waals surface area (Å²) in [5.41, 5.74) is 1.31. The number of methoxy groups -OCH3 is 1. The number of rotatable bonds is 9. The molecule has 0 bridgehead atoms. The highest BCUT2D eigenvalue weighted by Gasteiger charge is 2.46. The van der Waals surface area contributed by atoms with Crippen LogP contribution < -0.4 is 14.2 Å². The standard InChI is InChI=1S/C29H28ClNO7/c1-4-37-23-15-18(10-12-20(23)30)27(33)25-26(17-11-13-21(32)24(14-17)38-5-2)31(29(35)28(25)34)16-19-8-6-7-9-22(19)36-3/h6-15,26,32-33H,4-5,16H2,1-3H3/b27-25-. The molecule has 1 heterocycles. The predicted molar refractivity (Wildman–Crippen MR) is 143 cm³/mol. The van der Waals surface area contributed by atoms with Crippen molar-refractivity contribution in [1.29, 1.82) is 0 Å². The average molecular weight is 538 g/mol. The number of aromatic hydroxyl groups is 1. The van der Waals surface area contributed by atoms with Gasteiger partial charge in [-0.1, -0.05) is 35.9 Å². The van der Waals surface area contributed by atoms with Gasteiger partial charge in [0.1, 0.15) is 17.3 Å². The van der Waals surface area contributed by atoms with Gasteiger partial charge in [0, 0.05) is 11.1 Å². The number of halogens is 1. The van der Waals surface area contributed by atoms with Crippen molar-refractivity contribution < 1.29 is 34.0 Å². The number of ether oxygens (including phenoxy) is 3. The number of phenols is 1. The number of hydrogen-bond donors (Lipinski definition) is 2. The highest BCUT2D eigenvalue weighted by atomic mass is 35.5. The molecule has 1 fully saturated rings. The zero-order chi connectivity index (χ0) is 27.4. The van der Waals surface area contributed by atoms with Crippen molar-refractivity contribution in [3.63, 3.8) is 0 Å². The summed E-state index contributed by atoms with van der Waals surface area (Å²) in [4.78, 5) is 28.2. The lowest BCUT2D eigenvalue weighted by molar-refractivity contribution is -0.140. The van der Waals surface area contributed by atoms with E-state index in [1.807, 2.05) is 0 Å². The fourth-order valence-electron chi connectivity index (χ4n) is 4.45. The van der Waals surface area contributed by atoms with E-state index in [0.717, 1.165) is 0 Å². The monoisotopic (exact) mass is 537 g/mol. The van der Waals surface area contributed by atoms with E-state index in [1.165, 1.54) is 24.1 Å². The van der Waals surface area contributed by atoms with Crippen LogP contribution in [0.3, 0.4) is 0 Å². The van der Waals surface area contributed by atoms with Crippen molar-refractivity contribution in [3.05, 3.63) is 87.9 Å². The van der Waals surface area contributed by atoms with E-state index >= 15 is 0 Å². The number of carbonyl (C=O) groups excluding carboxylic acids is 2. The third-order valence-electron chi connectivity index (χ3n) is 6.18. The second kappa shape index (κ2) is 11.5. The molecule has 9 heteroatoms. The van der Waals surface area contributed by atoms with Crippen LogP contribution in [0.5, 0.6) is 23.0 Å². The Hall–Kier alpha value is -4.17. The number of carbonyl (C=O) groups is 2. The zero-order valence-electron chi connectivity index (χ0n) is 21.2. The molecule has 1 atom stereocenters. The molecule has 0 spiro atoms. The summed E-state index contributed by atoms with van der Waals surface area (Å²) in [6.07, 6.45) is 0. The molecule has 0 aromatic heterocycles. The van der Waals surface area contributed by atoms with Gasteiger partial charge in [0.25, 0.3) is 11.7 Å². The Morgan fingerprint density at radius 1 is 0.947 bits per heavy atom. The third-order valence-corrected chi connectivity index (χ3v) is 6.49. The van der Waals surface area contributed by atoms with Crippen LogP contribution in [-0.4, -0.2) is 47.1 Å². The maximum Gasteiger partial charge on any atom is 0.295 e. The van der Waals surface area contributed by atoms with Gasteiger partial charge in [0.05, 0.1) is 43.5 Å². The second-order valence-electron chi connectivity index (χ2n) is 8.48. The van der Waals surface area contributed by atoms with Crippen molar-refractivity contribution >= 4 is 29.1 Å². The van der Waals surface area contributed by atoms with Crippen molar-refractivity contribution in [2.75, 3.05) is 20.3 Å². The first-order chi connectivity index (χ1) is 18.3. The van der Waals surface area contributed by atoms with E-state index in [1.54, 1.807) is 62.4 Å². The first kappa shape index (κ1) is 26.9. The molecule has 1 aliphatic heterocycles. The van der Waals surface area contributed by atoms with E-state index in [0.29, 0.717) is 40.9 Å². The number of Topliss-reactive ketones (excluding diaryl/α,β-unsaturated/α-hetero) is 1. The minimum Gasteiger partial charge on any atom is -0.507 e. The number of ketones is 1. The van der Waals surface area contributed by atoms with Crippen molar-refractivity contribution in [2.24, 2.45) is 0 Å². The molecule has 0 aliphatic carbocycles. The minimum atomic E-state index is -0.981. The number of amides is 1. The summed E-state index contributed by atoms with van der Waals surface area (Å²) in [7, 11) is 1.52.